The molecule has 2 atom stereocenters. The Hall–Kier alpha value is -1.06. The highest BCUT2D eigenvalue weighted by Gasteiger charge is 2.19. The number of aliphatic carboxylic acids is 1. The largest absolute Gasteiger partial charge is 0.480 e. The minimum atomic E-state index is -0.788. The first-order chi connectivity index (χ1) is 8.54. The number of carboxylic acid groups (broad SMARTS) is 1. The zero-order chi connectivity index (χ0) is 13.5. The van der Waals surface area contributed by atoms with Crippen LogP contribution < -0.4 is 5.32 Å². The number of hydrogen-bond acceptors (Lipinski definition) is 2. The minimum Gasteiger partial charge on any atom is -0.480 e. The molecule has 1 aromatic rings. The number of carboxylic acids is 1. The average Bonchev–Trinajstić information content (AvgIpc) is 2.34. The van der Waals surface area contributed by atoms with Gasteiger partial charge in [-0.1, -0.05) is 43.5 Å². The second-order valence-electron chi connectivity index (χ2n) is 4.47. The Bertz CT molecular complexity index is 378. The van der Waals surface area contributed by atoms with E-state index in [-0.39, 0.29) is 6.04 Å². The zero-order valence-corrected chi connectivity index (χ0v) is 11.6. The van der Waals surface area contributed by atoms with E-state index in [4.69, 9.17) is 16.7 Å². The lowest BCUT2D eigenvalue weighted by Crippen LogP contribution is -2.38. The van der Waals surface area contributed by atoms with Crippen LogP contribution in [0.25, 0.3) is 0 Å². The Kier molecular flexibility index (Phi) is 6.16. The second-order valence-corrected chi connectivity index (χ2v) is 4.91. The molecule has 100 valence electrons. The third-order valence-corrected chi connectivity index (χ3v) is 3.22. The number of carbonyl (C=O) groups is 1. The molecule has 1 unspecified atom stereocenters. The van der Waals surface area contributed by atoms with E-state index >= 15 is 0 Å². The molecule has 0 bridgehead atoms. The molecule has 0 amide bonds. The quantitative estimate of drug-likeness (QED) is 0.795. The van der Waals surface area contributed by atoms with Crippen LogP contribution in [0.5, 0.6) is 0 Å². The summed E-state index contributed by atoms with van der Waals surface area (Å²) in [5, 5.41) is 13.0. The molecule has 0 fully saturated rings. The summed E-state index contributed by atoms with van der Waals surface area (Å²) in [5.41, 5.74) is 1.04. The van der Waals surface area contributed by atoms with Crippen LogP contribution in [0.2, 0.25) is 5.02 Å². The molecule has 0 heterocycles. The molecule has 0 radical (unpaired) electrons. The maximum absolute atomic E-state index is 11.1. The molecule has 2 N–H and O–H groups in total. The SMILES string of the molecule is CCCCC(N[C@H](C)c1ccc(Cl)cc1)C(=O)O. The van der Waals surface area contributed by atoms with Crippen LogP contribution in [-0.4, -0.2) is 17.1 Å². The van der Waals surface area contributed by atoms with Crippen molar-refractivity contribution < 1.29 is 9.90 Å². The molecule has 1 rings (SSSR count). The van der Waals surface area contributed by atoms with Crippen molar-refractivity contribution in [2.75, 3.05) is 0 Å². The molecular formula is C14H20ClNO2. The number of rotatable bonds is 7. The lowest BCUT2D eigenvalue weighted by atomic mass is 10.1. The molecule has 0 saturated heterocycles. The van der Waals surface area contributed by atoms with Gasteiger partial charge in [-0.15, -0.1) is 0 Å². The summed E-state index contributed by atoms with van der Waals surface area (Å²) >= 11 is 5.83. The van der Waals surface area contributed by atoms with Crippen molar-refractivity contribution in [3.8, 4) is 0 Å². The van der Waals surface area contributed by atoms with E-state index in [1.807, 2.05) is 31.2 Å². The maximum Gasteiger partial charge on any atom is 0.320 e. The fourth-order valence-corrected chi connectivity index (χ4v) is 1.96. The van der Waals surface area contributed by atoms with Crippen molar-refractivity contribution in [2.24, 2.45) is 0 Å². The third-order valence-electron chi connectivity index (χ3n) is 2.97. The van der Waals surface area contributed by atoms with Gasteiger partial charge in [0.2, 0.25) is 0 Å². The molecule has 0 aliphatic rings. The van der Waals surface area contributed by atoms with E-state index in [1.54, 1.807) is 0 Å². The maximum atomic E-state index is 11.1. The average molecular weight is 270 g/mol. The van der Waals surface area contributed by atoms with Crippen molar-refractivity contribution in [3.05, 3.63) is 34.9 Å². The van der Waals surface area contributed by atoms with Gasteiger partial charge in [0.25, 0.3) is 0 Å². The van der Waals surface area contributed by atoms with E-state index in [0.717, 1.165) is 18.4 Å². The zero-order valence-electron chi connectivity index (χ0n) is 10.8. The van der Waals surface area contributed by atoms with Gasteiger partial charge in [-0.2, -0.15) is 0 Å². The Morgan fingerprint density at radius 2 is 2.00 bits per heavy atom. The number of halogens is 1. The topological polar surface area (TPSA) is 49.3 Å². The van der Waals surface area contributed by atoms with Gasteiger partial charge in [0, 0.05) is 11.1 Å². The fraction of sp³-hybridized carbons (Fsp3) is 0.500. The van der Waals surface area contributed by atoms with Gasteiger partial charge in [0.15, 0.2) is 0 Å². The van der Waals surface area contributed by atoms with Crippen molar-refractivity contribution >= 4 is 17.6 Å². The standard InChI is InChI=1S/C14H20ClNO2/c1-3-4-5-13(14(17)18)16-10(2)11-6-8-12(15)9-7-11/h6-10,13,16H,3-5H2,1-2H3,(H,17,18)/t10-,13?/m1/s1. The lowest BCUT2D eigenvalue weighted by Gasteiger charge is -2.20. The lowest BCUT2D eigenvalue weighted by molar-refractivity contribution is -0.139. The molecule has 1 aromatic carbocycles. The summed E-state index contributed by atoms with van der Waals surface area (Å²) < 4.78 is 0. The summed E-state index contributed by atoms with van der Waals surface area (Å²) in [6.07, 6.45) is 2.57. The van der Waals surface area contributed by atoms with Crippen molar-refractivity contribution in [2.45, 2.75) is 45.2 Å². The molecule has 0 saturated carbocycles. The van der Waals surface area contributed by atoms with Crippen LogP contribution in [-0.2, 0) is 4.79 Å². The fourth-order valence-electron chi connectivity index (χ4n) is 1.84. The molecule has 4 heteroatoms. The van der Waals surface area contributed by atoms with Crippen LogP contribution in [0, 0.1) is 0 Å². The summed E-state index contributed by atoms with van der Waals surface area (Å²) in [7, 11) is 0. The van der Waals surface area contributed by atoms with Crippen molar-refractivity contribution in [1.29, 1.82) is 0 Å². The molecule has 3 nitrogen and oxygen atoms in total. The van der Waals surface area contributed by atoms with Crippen molar-refractivity contribution in [1.82, 2.24) is 5.32 Å². The monoisotopic (exact) mass is 269 g/mol. The highest BCUT2D eigenvalue weighted by atomic mass is 35.5. The smallest absolute Gasteiger partial charge is 0.320 e. The molecule has 18 heavy (non-hydrogen) atoms. The minimum absolute atomic E-state index is 0.000206. The molecule has 0 aliphatic carbocycles. The van der Waals surface area contributed by atoms with Crippen LogP contribution in [0.3, 0.4) is 0 Å². The third kappa shape index (κ3) is 4.67. The molecule has 0 spiro atoms. The molecule has 0 aromatic heterocycles. The predicted molar refractivity (Wildman–Crippen MR) is 74.0 cm³/mol. The summed E-state index contributed by atoms with van der Waals surface area (Å²) in [6, 6.07) is 6.97. The van der Waals surface area contributed by atoms with Crippen molar-refractivity contribution in [3.63, 3.8) is 0 Å². The van der Waals surface area contributed by atoms with Gasteiger partial charge in [0.05, 0.1) is 0 Å². The van der Waals surface area contributed by atoms with Gasteiger partial charge in [-0.3, -0.25) is 10.1 Å². The Morgan fingerprint density at radius 1 is 1.39 bits per heavy atom. The van der Waals surface area contributed by atoms with Crippen LogP contribution in [0.1, 0.15) is 44.7 Å². The number of hydrogen-bond donors (Lipinski definition) is 2. The van der Waals surface area contributed by atoms with E-state index in [1.165, 1.54) is 0 Å². The van der Waals surface area contributed by atoms with Gasteiger partial charge < -0.3 is 5.11 Å². The van der Waals surface area contributed by atoms with Gasteiger partial charge in [-0.05, 0) is 31.0 Å². The van der Waals surface area contributed by atoms with E-state index < -0.39 is 12.0 Å². The van der Waals surface area contributed by atoms with Gasteiger partial charge in [-0.25, -0.2) is 0 Å². The Morgan fingerprint density at radius 3 is 2.50 bits per heavy atom. The van der Waals surface area contributed by atoms with Gasteiger partial charge in [0.1, 0.15) is 6.04 Å². The first kappa shape index (κ1) is 15.0. The van der Waals surface area contributed by atoms with E-state index in [0.29, 0.717) is 11.4 Å². The van der Waals surface area contributed by atoms with E-state index in [2.05, 4.69) is 12.2 Å². The number of nitrogens with one attached hydrogen (secondary N) is 1. The Labute approximate surface area is 113 Å². The highest BCUT2D eigenvalue weighted by Crippen LogP contribution is 2.17. The predicted octanol–water partition coefficient (Wildman–Crippen LogP) is 3.63. The molecule has 0 aliphatic heterocycles. The second kappa shape index (κ2) is 7.39. The molecular weight excluding hydrogens is 250 g/mol. The van der Waals surface area contributed by atoms with Crippen LogP contribution in [0.4, 0.5) is 0 Å². The van der Waals surface area contributed by atoms with Crippen LogP contribution in [0.15, 0.2) is 24.3 Å². The first-order valence-corrected chi connectivity index (χ1v) is 6.66. The number of unbranched alkanes of at least 4 members (excludes halogenated alkanes) is 1. The summed E-state index contributed by atoms with van der Waals surface area (Å²) in [6.45, 7) is 4.02. The summed E-state index contributed by atoms with van der Waals surface area (Å²) in [5.74, 6) is -0.788. The summed E-state index contributed by atoms with van der Waals surface area (Å²) in [4.78, 5) is 11.1. The normalized spacial score (nSPS) is 14.2. The van der Waals surface area contributed by atoms with Gasteiger partial charge >= 0.3 is 5.97 Å². The first-order valence-electron chi connectivity index (χ1n) is 6.29. The van der Waals surface area contributed by atoms with E-state index in [9.17, 15) is 4.79 Å². The highest BCUT2D eigenvalue weighted by molar-refractivity contribution is 6.30. The number of benzene rings is 1. The Balaban J connectivity index is 2.62. The van der Waals surface area contributed by atoms with Crippen LogP contribution >= 0.6 is 11.6 Å².